The van der Waals surface area contributed by atoms with Gasteiger partial charge in [0, 0.05) is 5.56 Å². The first-order valence-electron chi connectivity index (χ1n) is 7.69. The molecule has 2 aromatic rings. The molecule has 0 atom stereocenters. The molecule has 134 valence electrons. The van der Waals surface area contributed by atoms with E-state index in [4.69, 9.17) is 4.74 Å². The predicted octanol–water partition coefficient (Wildman–Crippen LogP) is 5.26. The van der Waals surface area contributed by atoms with Crippen LogP contribution in [0.1, 0.15) is 42.3 Å². The molecule has 0 aromatic heterocycles. The Balaban J connectivity index is 2.28. The van der Waals surface area contributed by atoms with Gasteiger partial charge in [-0.1, -0.05) is 26.8 Å². The van der Waals surface area contributed by atoms with Gasteiger partial charge in [-0.15, -0.1) is 0 Å². The highest BCUT2D eigenvalue weighted by molar-refractivity contribution is 6.05. The minimum Gasteiger partial charge on any atom is -0.495 e. The van der Waals surface area contributed by atoms with Gasteiger partial charge in [0.2, 0.25) is 0 Å². The van der Waals surface area contributed by atoms with Gasteiger partial charge in [0.15, 0.2) is 0 Å². The van der Waals surface area contributed by atoms with E-state index < -0.39 is 17.6 Å². The van der Waals surface area contributed by atoms with Crippen LogP contribution in [0, 0.1) is 0 Å². The maximum Gasteiger partial charge on any atom is 0.416 e. The fourth-order valence-electron chi connectivity index (χ4n) is 2.28. The van der Waals surface area contributed by atoms with Crippen LogP contribution < -0.4 is 10.1 Å². The second-order valence-corrected chi connectivity index (χ2v) is 6.69. The molecule has 0 saturated heterocycles. The van der Waals surface area contributed by atoms with E-state index in [-0.39, 0.29) is 11.0 Å². The number of carbonyl (C=O) groups excluding carboxylic acids is 1. The lowest BCUT2D eigenvalue weighted by Gasteiger charge is -2.21. The quantitative estimate of drug-likeness (QED) is 0.819. The normalized spacial score (nSPS) is 12.0. The van der Waals surface area contributed by atoms with Gasteiger partial charge in [-0.05, 0) is 47.4 Å². The van der Waals surface area contributed by atoms with Crippen molar-refractivity contribution in [2.45, 2.75) is 32.4 Å². The number of methoxy groups -OCH3 is 1. The van der Waals surface area contributed by atoms with E-state index in [1.165, 1.54) is 7.11 Å². The van der Waals surface area contributed by atoms with Crippen LogP contribution in [-0.2, 0) is 11.6 Å². The topological polar surface area (TPSA) is 38.3 Å². The molecule has 0 saturated carbocycles. The van der Waals surface area contributed by atoms with Crippen molar-refractivity contribution in [3.05, 3.63) is 59.2 Å². The Bertz CT molecular complexity index is 760. The molecule has 25 heavy (non-hydrogen) atoms. The van der Waals surface area contributed by atoms with Gasteiger partial charge in [0.05, 0.1) is 18.4 Å². The van der Waals surface area contributed by atoms with Gasteiger partial charge in [-0.2, -0.15) is 13.2 Å². The highest BCUT2D eigenvalue weighted by Gasteiger charge is 2.30. The minimum atomic E-state index is -4.43. The van der Waals surface area contributed by atoms with Crippen LogP contribution in [0.4, 0.5) is 18.9 Å². The van der Waals surface area contributed by atoms with Gasteiger partial charge in [-0.25, -0.2) is 0 Å². The summed E-state index contributed by atoms with van der Waals surface area (Å²) in [6, 6.07) is 9.54. The van der Waals surface area contributed by atoms with Crippen LogP contribution in [0.2, 0.25) is 0 Å². The zero-order valence-corrected chi connectivity index (χ0v) is 14.5. The predicted molar refractivity (Wildman–Crippen MR) is 91.1 cm³/mol. The summed E-state index contributed by atoms with van der Waals surface area (Å²) in [5.41, 5.74) is 0.684. The van der Waals surface area contributed by atoms with Crippen molar-refractivity contribution in [2.24, 2.45) is 0 Å². The van der Waals surface area contributed by atoms with E-state index in [1.54, 1.807) is 12.1 Å². The summed E-state index contributed by atoms with van der Waals surface area (Å²) in [6.45, 7) is 6.11. The number of nitrogens with one attached hydrogen (secondary N) is 1. The van der Waals surface area contributed by atoms with Gasteiger partial charge in [0.25, 0.3) is 5.91 Å². The highest BCUT2D eigenvalue weighted by atomic mass is 19.4. The van der Waals surface area contributed by atoms with Gasteiger partial charge in [-0.3, -0.25) is 4.79 Å². The molecular weight excluding hydrogens is 331 g/mol. The number of amides is 1. The molecule has 2 aromatic carbocycles. The molecule has 0 spiro atoms. The molecule has 0 aliphatic rings. The molecular formula is C19H20F3NO2. The van der Waals surface area contributed by atoms with Crippen molar-refractivity contribution in [2.75, 3.05) is 12.4 Å². The second-order valence-electron chi connectivity index (χ2n) is 6.69. The third-order valence-corrected chi connectivity index (χ3v) is 3.79. The zero-order chi connectivity index (χ0) is 18.8. The number of alkyl halides is 3. The molecule has 0 aliphatic carbocycles. The zero-order valence-electron chi connectivity index (χ0n) is 14.5. The number of ether oxygens (including phenoxy) is 1. The lowest BCUT2D eigenvalue weighted by molar-refractivity contribution is -0.137. The number of halogens is 3. The van der Waals surface area contributed by atoms with Crippen LogP contribution in [0.25, 0.3) is 0 Å². The fraction of sp³-hybridized carbons (Fsp3) is 0.316. The molecule has 0 radical (unpaired) electrons. The maximum atomic E-state index is 12.6. The fourth-order valence-corrected chi connectivity index (χ4v) is 2.28. The first-order chi connectivity index (χ1) is 11.5. The average molecular weight is 351 g/mol. The number of anilines is 1. The molecule has 0 fully saturated rings. The van der Waals surface area contributed by atoms with E-state index in [2.05, 4.69) is 5.32 Å². The number of benzene rings is 2. The van der Waals surface area contributed by atoms with Gasteiger partial charge in [0.1, 0.15) is 5.75 Å². The van der Waals surface area contributed by atoms with E-state index in [0.29, 0.717) is 11.4 Å². The van der Waals surface area contributed by atoms with E-state index >= 15 is 0 Å². The molecule has 0 bridgehead atoms. The molecule has 1 amide bonds. The molecule has 0 unspecified atom stereocenters. The number of hydrogen-bond donors (Lipinski definition) is 1. The Morgan fingerprint density at radius 3 is 2.00 bits per heavy atom. The monoisotopic (exact) mass is 351 g/mol. The van der Waals surface area contributed by atoms with E-state index in [0.717, 1.165) is 29.8 Å². The van der Waals surface area contributed by atoms with Crippen LogP contribution in [0.15, 0.2) is 42.5 Å². The number of carbonyl (C=O) groups is 1. The van der Waals surface area contributed by atoms with Gasteiger partial charge >= 0.3 is 6.18 Å². The Labute approximate surface area is 144 Å². The summed E-state index contributed by atoms with van der Waals surface area (Å²) in [6.07, 6.45) is -4.43. The van der Waals surface area contributed by atoms with Gasteiger partial charge < -0.3 is 10.1 Å². The van der Waals surface area contributed by atoms with Crippen molar-refractivity contribution >= 4 is 11.6 Å². The van der Waals surface area contributed by atoms with Crippen molar-refractivity contribution in [3.8, 4) is 5.75 Å². The molecule has 0 aliphatic heterocycles. The highest BCUT2D eigenvalue weighted by Crippen LogP contribution is 2.32. The Hall–Kier alpha value is -2.50. The van der Waals surface area contributed by atoms with Crippen molar-refractivity contribution in [3.63, 3.8) is 0 Å². The minimum absolute atomic E-state index is 0.125. The second kappa shape index (κ2) is 6.78. The SMILES string of the molecule is COc1ccc(C(C)(C)C)cc1NC(=O)c1ccc(C(F)(F)F)cc1. The average Bonchev–Trinajstić information content (AvgIpc) is 2.53. The largest absolute Gasteiger partial charge is 0.495 e. The van der Waals surface area contributed by atoms with Crippen molar-refractivity contribution < 1.29 is 22.7 Å². The standard InChI is InChI=1S/C19H20F3NO2/c1-18(2,3)14-9-10-16(25-4)15(11-14)23-17(24)12-5-7-13(8-6-12)19(20,21)22/h5-11H,1-4H3,(H,23,24). The summed E-state index contributed by atoms with van der Waals surface area (Å²) < 4.78 is 43.1. The Morgan fingerprint density at radius 2 is 1.52 bits per heavy atom. The third-order valence-electron chi connectivity index (χ3n) is 3.79. The first-order valence-corrected chi connectivity index (χ1v) is 7.69. The van der Waals surface area contributed by atoms with Crippen molar-refractivity contribution in [1.29, 1.82) is 0 Å². The number of hydrogen-bond acceptors (Lipinski definition) is 2. The molecule has 6 heteroatoms. The van der Waals surface area contributed by atoms with E-state index in [1.807, 2.05) is 26.8 Å². The molecule has 3 nitrogen and oxygen atoms in total. The van der Waals surface area contributed by atoms with Crippen LogP contribution in [-0.4, -0.2) is 13.0 Å². The maximum absolute atomic E-state index is 12.6. The summed E-state index contributed by atoms with van der Waals surface area (Å²) in [5, 5.41) is 2.70. The lowest BCUT2D eigenvalue weighted by atomic mass is 9.87. The first kappa shape index (κ1) is 18.8. The third kappa shape index (κ3) is 4.53. The lowest BCUT2D eigenvalue weighted by Crippen LogP contribution is -2.16. The smallest absolute Gasteiger partial charge is 0.416 e. The van der Waals surface area contributed by atoms with Crippen LogP contribution in [0.5, 0.6) is 5.75 Å². The summed E-state index contributed by atoms with van der Waals surface area (Å²) in [4.78, 5) is 12.4. The Kier molecular flexibility index (Phi) is 5.11. The number of rotatable bonds is 3. The Morgan fingerprint density at radius 1 is 0.960 bits per heavy atom. The van der Waals surface area contributed by atoms with E-state index in [9.17, 15) is 18.0 Å². The van der Waals surface area contributed by atoms with Crippen LogP contribution in [0.3, 0.4) is 0 Å². The van der Waals surface area contributed by atoms with Crippen LogP contribution >= 0.6 is 0 Å². The molecule has 0 heterocycles. The molecule has 2 rings (SSSR count). The molecule has 1 N–H and O–H groups in total. The van der Waals surface area contributed by atoms with Crippen molar-refractivity contribution in [1.82, 2.24) is 0 Å². The summed E-state index contributed by atoms with van der Waals surface area (Å²) in [5.74, 6) is -0.0219. The summed E-state index contributed by atoms with van der Waals surface area (Å²) in [7, 11) is 1.49. The summed E-state index contributed by atoms with van der Waals surface area (Å²) >= 11 is 0.